The molecule has 112 valence electrons. The van der Waals surface area contributed by atoms with E-state index in [0.29, 0.717) is 5.11 Å². The number of anilines is 1. The van der Waals surface area contributed by atoms with Crippen LogP contribution in [0.5, 0.6) is 0 Å². The summed E-state index contributed by atoms with van der Waals surface area (Å²) in [6.07, 6.45) is 6.58. The molecule has 0 aliphatic carbocycles. The minimum absolute atomic E-state index is 0.654. The predicted molar refractivity (Wildman–Crippen MR) is 95.0 cm³/mol. The van der Waals surface area contributed by atoms with E-state index in [1.807, 2.05) is 30.7 Å². The Morgan fingerprint density at radius 3 is 2.82 bits per heavy atom. The average Bonchev–Trinajstić information content (AvgIpc) is 3.05. The molecule has 0 saturated heterocycles. The van der Waals surface area contributed by atoms with Crippen LogP contribution in [0.1, 0.15) is 6.42 Å². The number of nitrogens with zero attached hydrogens (tertiary/aromatic N) is 2. The molecule has 3 aromatic rings. The normalized spacial score (nSPS) is 10.5. The van der Waals surface area contributed by atoms with Gasteiger partial charge in [0.15, 0.2) is 5.11 Å². The SMILES string of the molecule is S=C(NCCCn1ccnc1)Nc1ccc2ccccc2c1. The van der Waals surface area contributed by atoms with Crippen molar-refractivity contribution in [3.05, 3.63) is 61.2 Å². The largest absolute Gasteiger partial charge is 0.362 e. The van der Waals surface area contributed by atoms with Crippen molar-refractivity contribution in [1.29, 1.82) is 0 Å². The summed E-state index contributed by atoms with van der Waals surface area (Å²) >= 11 is 5.33. The van der Waals surface area contributed by atoms with Crippen LogP contribution in [0.4, 0.5) is 5.69 Å². The molecule has 0 bridgehead atoms. The van der Waals surface area contributed by atoms with Crippen molar-refractivity contribution in [3.63, 3.8) is 0 Å². The molecule has 0 aliphatic heterocycles. The molecule has 1 heterocycles. The highest BCUT2D eigenvalue weighted by Gasteiger charge is 1.99. The van der Waals surface area contributed by atoms with Crippen LogP contribution < -0.4 is 10.6 Å². The zero-order valence-electron chi connectivity index (χ0n) is 12.2. The Morgan fingerprint density at radius 1 is 1.14 bits per heavy atom. The highest BCUT2D eigenvalue weighted by molar-refractivity contribution is 7.80. The van der Waals surface area contributed by atoms with Gasteiger partial charge in [0.05, 0.1) is 6.33 Å². The topological polar surface area (TPSA) is 41.9 Å². The number of fused-ring (bicyclic) bond motifs is 1. The Balaban J connectivity index is 1.48. The second kappa shape index (κ2) is 7.04. The number of aryl methyl sites for hydroxylation is 1. The number of aromatic nitrogens is 2. The Kier molecular flexibility index (Phi) is 4.65. The number of imidazole rings is 1. The molecule has 2 aromatic carbocycles. The third kappa shape index (κ3) is 3.83. The molecule has 1 aromatic heterocycles. The van der Waals surface area contributed by atoms with Crippen molar-refractivity contribution < 1.29 is 0 Å². The summed E-state index contributed by atoms with van der Waals surface area (Å²) in [6.45, 7) is 1.77. The van der Waals surface area contributed by atoms with E-state index in [1.165, 1.54) is 10.8 Å². The number of thiocarbonyl (C=S) groups is 1. The maximum Gasteiger partial charge on any atom is 0.170 e. The number of hydrogen-bond donors (Lipinski definition) is 2. The van der Waals surface area contributed by atoms with Gasteiger partial charge in [-0.15, -0.1) is 0 Å². The van der Waals surface area contributed by atoms with E-state index >= 15 is 0 Å². The van der Waals surface area contributed by atoms with Crippen LogP contribution in [0.15, 0.2) is 61.2 Å². The number of hydrogen-bond acceptors (Lipinski definition) is 2. The second-order valence-corrected chi connectivity index (χ2v) is 5.51. The van der Waals surface area contributed by atoms with Gasteiger partial charge in [-0.1, -0.05) is 30.3 Å². The van der Waals surface area contributed by atoms with Gasteiger partial charge in [0, 0.05) is 31.2 Å². The highest BCUT2D eigenvalue weighted by atomic mass is 32.1. The minimum Gasteiger partial charge on any atom is -0.362 e. The summed E-state index contributed by atoms with van der Waals surface area (Å²) in [6, 6.07) is 14.5. The highest BCUT2D eigenvalue weighted by Crippen LogP contribution is 2.18. The molecule has 22 heavy (non-hydrogen) atoms. The summed E-state index contributed by atoms with van der Waals surface area (Å²) in [7, 11) is 0. The van der Waals surface area contributed by atoms with Crippen LogP contribution in [0.3, 0.4) is 0 Å². The van der Waals surface area contributed by atoms with E-state index in [4.69, 9.17) is 12.2 Å². The second-order valence-electron chi connectivity index (χ2n) is 5.10. The molecule has 3 rings (SSSR count). The van der Waals surface area contributed by atoms with Crippen LogP contribution >= 0.6 is 12.2 Å². The molecule has 5 heteroatoms. The van der Waals surface area contributed by atoms with Crippen molar-refractivity contribution in [2.45, 2.75) is 13.0 Å². The van der Waals surface area contributed by atoms with E-state index in [9.17, 15) is 0 Å². The minimum atomic E-state index is 0.654. The Morgan fingerprint density at radius 2 is 2.00 bits per heavy atom. The molecular formula is C17H18N4S. The summed E-state index contributed by atoms with van der Waals surface area (Å²) in [5.41, 5.74) is 1.01. The van der Waals surface area contributed by atoms with Crippen LogP contribution in [0, 0.1) is 0 Å². The first-order valence-electron chi connectivity index (χ1n) is 7.31. The zero-order chi connectivity index (χ0) is 15.2. The fourth-order valence-electron chi connectivity index (χ4n) is 2.32. The number of nitrogens with one attached hydrogen (secondary N) is 2. The molecule has 0 aliphatic rings. The molecule has 2 N–H and O–H groups in total. The van der Waals surface area contributed by atoms with Gasteiger partial charge in [-0.3, -0.25) is 0 Å². The summed E-state index contributed by atoms with van der Waals surface area (Å²) in [5, 5.41) is 9.54. The Hall–Kier alpha value is -2.40. The third-order valence-corrected chi connectivity index (χ3v) is 3.69. The molecule has 0 radical (unpaired) electrons. The molecular weight excluding hydrogens is 292 g/mol. The van der Waals surface area contributed by atoms with E-state index < -0.39 is 0 Å². The number of benzene rings is 2. The quantitative estimate of drug-likeness (QED) is 0.560. The van der Waals surface area contributed by atoms with Gasteiger partial charge in [0.2, 0.25) is 0 Å². The van der Waals surface area contributed by atoms with Crippen molar-refractivity contribution in [2.75, 3.05) is 11.9 Å². The maximum atomic E-state index is 5.33. The zero-order valence-corrected chi connectivity index (χ0v) is 13.0. The molecule has 0 saturated carbocycles. The fourth-order valence-corrected chi connectivity index (χ4v) is 2.54. The van der Waals surface area contributed by atoms with Crippen LogP contribution in [0.25, 0.3) is 10.8 Å². The third-order valence-electron chi connectivity index (χ3n) is 3.45. The van der Waals surface area contributed by atoms with Crippen LogP contribution in [-0.2, 0) is 6.54 Å². The monoisotopic (exact) mass is 310 g/mol. The lowest BCUT2D eigenvalue weighted by Crippen LogP contribution is -2.29. The Labute approximate surface area is 135 Å². The molecule has 0 unspecified atom stereocenters. The summed E-state index contributed by atoms with van der Waals surface area (Å²) in [5.74, 6) is 0. The lowest BCUT2D eigenvalue weighted by Gasteiger charge is -2.11. The molecule has 0 spiro atoms. The first-order chi connectivity index (χ1) is 10.8. The van der Waals surface area contributed by atoms with Gasteiger partial charge >= 0.3 is 0 Å². The predicted octanol–water partition coefficient (Wildman–Crippen LogP) is 3.41. The van der Waals surface area contributed by atoms with Gasteiger partial charge < -0.3 is 15.2 Å². The van der Waals surface area contributed by atoms with E-state index in [1.54, 1.807) is 6.20 Å². The molecule has 0 amide bonds. The van der Waals surface area contributed by atoms with Crippen molar-refractivity contribution >= 4 is 33.8 Å². The lowest BCUT2D eigenvalue weighted by atomic mass is 10.1. The Bertz CT molecular complexity index is 752. The van der Waals surface area contributed by atoms with Crippen molar-refractivity contribution in [1.82, 2.24) is 14.9 Å². The van der Waals surface area contributed by atoms with Gasteiger partial charge in [-0.2, -0.15) is 0 Å². The van der Waals surface area contributed by atoms with Crippen molar-refractivity contribution in [3.8, 4) is 0 Å². The van der Waals surface area contributed by atoms with Crippen LogP contribution in [0.2, 0.25) is 0 Å². The summed E-state index contributed by atoms with van der Waals surface area (Å²) < 4.78 is 2.06. The van der Waals surface area contributed by atoms with Crippen molar-refractivity contribution in [2.24, 2.45) is 0 Å². The maximum absolute atomic E-state index is 5.33. The van der Waals surface area contributed by atoms with E-state index in [2.05, 4.69) is 44.5 Å². The van der Waals surface area contributed by atoms with E-state index in [0.717, 1.165) is 25.2 Å². The average molecular weight is 310 g/mol. The first-order valence-corrected chi connectivity index (χ1v) is 7.71. The van der Waals surface area contributed by atoms with E-state index in [-0.39, 0.29) is 0 Å². The molecule has 4 nitrogen and oxygen atoms in total. The standard InChI is InChI=1S/C17H18N4S/c22-17(19-8-3-10-21-11-9-18-13-21)20-16-7-6-14-4-1-2-5-15(14)12-16/h1-2,4-7,9,11-13H,3,8,10H2,(H2,19,20,22). The van der Waals surface area contributed by atoms with Crippen LogP contribution in [-0.4, -0.2) is 21.2 Å². The molecule has 0 atom stereocenters. The fraction of sp³-hybridized carbons (Fsp3) is 0.176. The number of rotatable bonds is 5. The summed E-state index contributed by atoms with van der Waals surface area (Å²) in [4.78, 5) is 4.02. The van der Waals surface area contributed by atoms with Gasteiger partial charge in [0.25, 0.3) is 0 Å². The van der Waals surface area contributed by atoms with Gasteiger partial charge in [-0.25, -0.2) is 4.98 Å². The lowest BCUT2D eigenvalue weighted by molar-refractivity contribution is 0.632. The first kappa shape index (κ1) is 14.5. The van der Waals surface area contributed by atoms with Gasteiger partial charge in [-0.05, 0) is 41.5 Å². The van der Waals surface area contributed by atoms with Gasteiger partial charge in [0.1, 0.15) is 0 Å². The molecule has 0 fully saturated rings. The smallest absolute Gasteiger partial charge is 0.170 e.